The van der Waals surface area contributed by atoms with E-state index in [0.29, 0.717) is 5.56 Å². The Balaban J connectivity index is 2.58. The van der Waals surface area contributed by atoms with Gasteiger partial charge in [-0.2, -0.15) is 0 Å². The van der Waals surface area contributed by atoms with Gasteiger partial charge < -0.3 is 5.73 Å². The van der Waals surface area contributed by atoms with Gasteiger partial charge in [-0.15, -0.1) is 11.8 Å². The molecule has 3 heteroatoms. The number of primary amides is 1. The number of carbonyl (C=O) groups is 1. The van der Waals surface area contributed by atoms with E-state index < -0.39 is 5.91 Å². The second kappa shape index (κ2) is 5.06. The van der Waals surface area contributed by atoms with Crippen LogP contribution >= 0.6 is 11.8 Å². The van der Waals surface area contributed by atoms with Gasteiger partial charge in [0.15, 0.2) is 0 Å². The number of hydrogen-bond donors (Lipinski definition) is 1. The van der Waals surface area contributed by atoms with Crippen LogP contribution < -0.4 is 5.73 Å². The van der Waals surface area contributed by atoms with Crippen molar-refractivity contribution in [1.82, 2.24) is 0 Å². The van der Waals surface area contributed by atoms with E-state index in [1.165, 1.54) is 0 Å². The lowest BCUT2D eigenvalue weighted by Crippen LogP contribution is -2.10. The summed E-state index contributed by atoms with van der Waals surface area (Å²) in [5.74, 6) is -0.394. The number of amides is 1. The second-order valence-electron chi connectivity index (χ2n) is 3.65. The third kappa shape index (κ3) is 2.50. The van der Waals surface area contributed by atoms with Crippen molar-refractivity contribution >= 4 is 17.7 Å². The van der Waals surface area contributed by atoms with Crippen LogP contribution in [0.3, 0.4) is 0 Å². The molecule has 2 aromatic carbocycles. The van der Waals surface area contributed by atoms with Gasteiger partial charge in [0.2, 0.25) is 5.91 Å². The first-order valence-electron chi connectivity index (χ1n) is 5.25. The van der Waals surface area contributed by atoms with E-state index in [0.717, 1.165) is 16.0 Å². The number of rotatable bonds is 3. The molecule has 0 bridgehead atoms. The van der Waals surface area contributed by atoms with E-state index in [4.69, 9.17) is 5.73 Å². The van der Waals surface area contributed by atoms with Crippen molar-refractivity contribution in [2.45, 2.75) is 4.90 Å². The lowest BCUT2D eigenvalue weighted by molar-refractivity contribution is 0.100. The summed E-state index contributed by atoms with van der Waals surface area (Å²) in [4.78, 5) is 12.3. The van der Waals surface area contributed by atoms with Crippen LogP contribution in [0.4, 0.5) is 0 Å². The van der Waals surface area contributed by atoms with Gasteiger partial charge >= 0.3 is 0 Å². The molecule has 0 aliphatic heterocycles. The summed E-state index contributed by atoms with van der Waals surface area (Å²) in [5.41, 5.74) is 8.00. The number of nitrogens with two attached hydrogens (primary N) is 1. The maximum absolute atomic E-state index is 11.2. The molecule has 0 aliphatic carbocycles. The summed E-state index contributed by atoms with van der Waals surface area (Å²) >= 11 is 1.66. The normalized spacial score (nSPS) is 10.2. The molecule has 1 amide bonds. The molecule has 0 fully saturated rings. The molecule has 0 spiro atoms. The molecule has 2 N–H and O–H groups in total. The van der Waals surface area contributed by atoms with E-state index in [1.807, 2.05) is 48.7 Å². The van der Waals surface area contributed by atoms with Crippen molar-refractivity contribution in [3.05, 3.63) is 54.1 Å². The summed E-state index contributed by atoms with van der Waals surface area (Å²) in [5, 5.41) is 0. The van der Waals surface area contributed by atoms with Gasteiger partial charge in [0.05, 0.1) is 0 Å². The largest absolute Gasteiger partial charge is 0.366 e. The molecule has 0 unspecified atom stereocenters. The van der Waals surface area contributed by atoms with E-state index in [2.05, 4.69) is 0 Å². The van der Waals surface area contributed by atoms with Crippen LogP contribution in [0.1, 0.15) is 10.4 Å². The van der Waals surface area contributed by atoms with Crippen molar-refractivity contribution in [3.8, 4) is 11.1 Å². The SMILES string of the molecule is CSc1ccc(C(N)=O)cc1-c1ccccc1. The molecule has 0 atom stereocenters. The fourth-order valence-electron chi connectivity index (χ4n) is 1.70. The van der Waals surface area contributed by atoms with Gasteiger partial charge in [-0.25, -0.2) is 0 Å². The second-order valence-corrected chi connectivity index (χ2v) is 4.49. The molecule has 0 saturated heterocycles. The Labute approximate surface area is 105 Å². The van der Waals surface area contributed by atoms with Crippen LogP contribution in [-0.4, -0.2) is 12.2 Å². The number of thioether (sulfide) groups is 1. The minimum Gasteiger partial charge on any atom is -0.366 e. The van der Waals surface area contributed by atoms with Gasteiger partial charge in [0.1, 0.15) is 0 Å². The van der Waals surface area contributed by atoms with Crippen molar-refractivity contribution in [2.75, 3.05) is 6.26 Å². The first kappa shape index (κ1) is 11.7. The van der Waals surface area contributed by atoms with Gasteiger partial charge in [-0.3, -0.25) is 4.79 Å². The lowest BCUT2D eigenvalue weighted by Gasteiger charge is -2.09. The topological polar surface area (TPSA) is 43.1 Å². The third-order valence-electron chi connectivity index (χ3n) is 2.57. The Hall–Kier alpha value is -1.74. The average molecular weight is 243 g/mol. The molecular weight excluding hydrogens is 230 g/mol. The van der Waals surface area contributed by atoms with E-state index in [9.17, 15) is 4.79 Å². The van der Waals surface area contributed by atoms with Gasteiger partial charge in [0, 0.05) is 10.5 Å². The standard InChI is InChI=1S/C14H13NOS/c1-17-13-8-7-11(14(15)16)9-12(13)10-5-3-2-4-6-10/h2-9H,1H3,(H2,15,16). The van der Waals surface area contributed by atoms with Crippen LogP contribution in [0.15, 0.2) is 53.4 Å². The summed E-state index contributed by atoms with van der Waals surface area (Å²) < 4.78 is 0. The van der Waals surface area contributed by atoms with Crippen LogP contribution in [0, 0.1) is 0 Å². The fraction of sp³-hybridized carbons (Fsp3) is 0.0714. The Morgan fingerprint density at radius 2 is 1.82 bits per heavy atom. The predicted octanol–water partition coefficient (Wildman–Crippen LogP) is 3.17. The maximum Gasteiger partial charge on any atom is 0.248 e. The molecule has 0 heterocycles. The average Bonchev–Trinajstić information content (AvgIpc) is 2.39. The Morgan fingerprint density at radius 3 is 2.41 bits per heavy atom. The number of hydrogen-bond acceptors (Lipinski definition) is 2. The fourth-order valence-corrected chi connectivity index (χ4v) is 2.31. The van der Waals surface area contributed by atoms with Crippen molar-refractivity contribution in [3.63, 3.8) is 0 Å². The van der Waals surface area contributed by atoms with Crippen molar-refractivity contribution < 1.29 is 4.79 Å². The van der Waals surface area contributed by atoms with Crippen LogP contribution in [0.25, 0.3) is 11.1 Å². The highest BCUT2D eigenvalue weighted by Gasteiger charge is 2.08. The Bertz CT molecular complexity index is 537. The van der Waals surface area contributed by atoms with Gasteiger partial charge in [-0.05, 0) is 35.6 Å². The highest BCUT2D eigenvalue weighted by molar-refractivity contribution is 7.98. The molecule has 17 heavy (non-hydrogen) atoms. The molecule has 0 aromatic heterocycles. The monoisotopic (exact) mass is 243 g/mol. The minimum absolute atomic E-state index is 0.394. The zero-order chi connectivity index (χ0) is 12.3. The summed E-state index contributed by atoms with van der Waals surface area (Å²) in [6.07, 6.45) is 2.02. The molecule has 0 aliphatic rings. The van der Waals surface area contributed by atoms with Crippen LogP contribution in [0.5, 0.6) is 0 Å². The number of benzene rings is 2. The first-order valence-corrected chi connectivity index (χ1v) is 6.48. The van der Waals surface area contributed by atoms with E-state index >= 15 is 0 Å². The summed E-state index contributed by atoms with van der Waals surface area (Å²) in [6, 6.07) is 15.5. The summed E-state index contributed by atoms with van der Waals surface area (Å²) in [7, 11) is 0. The van der Waals surface area contributed by atoms with Crippen molar-refractivity contribution in [2.24, 2.45) is 5.73 Å². The minimum atomic E-state index is -0.394. The maximum atomic E-state index is 11.2. The molecular formula is C14H13NOS. The zero-order valence-electron chi connectivity index (χ0n) is 9.51. The zero-order valence-corrected chi connectivity index (χ0v) is 10.3. The predicted molar refractivity (Wildman–Crippen MR) is 72.2 cm³/mol. The highest BCUT2D eigenvalue weighted by atomic mass is 32.2. The lowest BCUT2D eigenvalue weighted by atomic mass is 10.0. The van der Waals surface area contributed by atoms with Gasteiger partial charge in [-0.1, -0.05) is 30.3 Å². The molecule has 2 rings (SSSR count). The molecule has 0 saturated carbocycles. The van der Waals surface area contributed by atoms with Crippen LogP contribution in [-0.2, 0) is 0 Å². The van der Waals surface area contributed by atoms with E-state index in [1.54, 1.807) is 17.8 Å². The molecule has 0 radical (unpaired) electrons. The summed E-state index contributed by atoms with van der Waals surface area (Å²) in [6.45, 7) is 0. The smallest absolute Gasteiger partial charge is 0.248 e. The van der Waals surface area contributed by atoms with Crippen LogP contribution in [0.2, 0.25) is 0 Å². The highest BCUT2D eigenvalue weighted by Crippen LogP contribution is 2.30. The van der Waals surface area contributed by atoms with E-state index in [-0.39, 0.29) is 0 Å². The Kier molecular flexibility index (Phi) is 3.49. The third-order valence-corrected chi connectivity index (χ3v) is 3.36. The van der Waals surface area contributed by atoms with Gasteiger partial charge in [0.25, 0.3) is 0 Å². The van der Waals surface area contributed by atoms with Crippen molar-refractivity contribution in [1.29, 1.82) is 0 Å². The molecule has 2 aromatic rings. The quantitative estimate of drug-likeness (QED) is 0.841. The molecule has 2 nitrogen and oxygen atoms in total. The Morgan fingerprint density at radius 1 is 1.12 bits per heavy atom. The first-order chi connectivity index (χ1) is 8.22. The molecule has 86 valence electrons. The number of carbonyl (C=O) groups excluding carboxylic acids is 1.